The second kappa shape index (κ2) is 7.49. The van der Waals surface area contributed by atoms with E-state index < -0.39 is 0 Å². The highest BCUT2D eigenvalue weighted by Gasteiger charge is 2.12. The van der Waals surface area contributed by atoms with Gasteiger partial charge in [-0.05, 0) is 74.0 Å². The quantitative estimate of drug-likeness (QED) is 0.714. The van der Waals surface area contributed by atoms with Crippen molar-refractivity contribution in [2.45, 2.75) is 26.7 Å². The van der Waals surface area contributed by atoms with Crippen LogP contribution in [0.1, 0.15) is 23.2 Å². The van der Waals surface area contributed by atoms with Crippen LogP contribution in [0, 0.1) is 13.8 Å². The Morgan fingerprint density at radius 2 is 1.96 bits per heavy atom. The third kappa shape index (κ3) is 3.72. The van der Waals surface area contributed by atoms with Crippen molar-refractivity contribution in [2.75, 3.05) is 19.0 Å². The number of nitrogens with two attached hydrogens (primary N) is 1. The molecule has 0 radical (unpaired) electrons. The van der Waals surface area contributed by atoms with E-state index in [1.807, 2.05) is 6.07 Å². The Labute approximate surface area is 148 Å². The topological polar surface area (TPSA) is 73.1 Å². The Balaban J connectivity index is 2.10. The van der Waals surface area contributed by atoms with Crippen molar-refractivity contribution in [3.05, 3.63) is 53.3 Å². The van der Waals surface area contributed by atoms with Crippen LogP contribution in [0.2, 0.25) is 0 Å². The zero-order valence-corrected chi connectivity index (χ0v) is 15.0. The van der Waals surface area contributed by atoms with E-state index in [9.17, 15) is 0 Å². The predicted molar refractivity (Wildman–Crippen MR) is 103 cm³/mol. The Hall–Kier alpha value is -2.66. The summed E-state index contributed by atoms with van der Waals surface area (Å²) in [4.78, 5) is 9.14. The van der Waals surface area contributed by atoms with Crippen LogP contribution in [0.25, 0.3) is 10.8 Å². The largest absolute Gasteiger partial charge is 0.480 e. The second-order valence-electron chi connectivity index (χ2n) is 6.20. The molecule has 5 nitrogen and oxygen atoms in total. The Bertz CT molecular complexity index is 892. The number of anilines is 2. The number of hydrogen-bond donors (Lipinski definition) is 2. The summed E-state index contributed by atoms with van der Waals surface area (Å²) in [6, 6.07) is 10.4. The molecule has 0 amide bonds. The van der Waals surface area contributed by atoms with E-state index in [0.29, 0.717) is 12.4 Å². The van der Waals surface area contributed by atoms with E-state index in [-0.39, 0.29) is 0 Å². The van der Waals surface area contributed by atoms with Crippen LogP contribution >= 0.6 is 0 Å². The van der Waals surface area contributed by atoms with Gasteiger partial charge in [0.1, 0.15) is 5.82 Å². The van der Waals surface area contributed by atoms with Crippen molar-refractivity contribution in [1.29, 1.82) is 0 Å². The number of nitrogens with one attached hydrogen (secondary N) is 1. The smallest absolute Gasteiger partial charge is 0.224 e. The third-order valence-electron chi connectivity index (χ3n) is 4.36. The van der Waals surface area contributed by atoms with E-state index in [0.717, 1.165) is 40.8 Å². The molecule has 3 aromatic rings. The molecule has 3 N–H and O–H groups in total. The lowest BCUT2D eigenvalue weighted by Gasteiger charge is -2.14. The molecule has 25 heavy (non-hydrogen) atoms. The normalized spacial score (nSPS) is 10.9. The van der Waals surface area contributed by atoms with Gasteiger partial charge < -0.3 is 15.8 Å². The molecule has 0 fully saturated rings. The molecule has 0 saturated heterocycles. The Kier molecular flexibility index (Phi) is 5.14. The summed E-state index contributed by atoms with van der Waals surface area (Å²) in [6.07, 6.45) is 3.51. The Morgan fingerprint density at radius 1 is 1.12 bits per heavy atom. The maximum absolute atomic E-state index is 5.65. The number of rotatable bonds is 6. The number of methoxy groups -OCH3 is 1. The lowest BCUT2D eigenvalue weighted by atomic mass is 10.1. The van der Waals surface area contributed by atoms with Crippen LogP contribution in [0.3, 0.4) is 0 Å². The van der Waals surface area contributed by atoms with Crippen molar-refractivity contribution in [2.24, 2.45) is 5.73 Å². The predicted octanol–water partition coefficient (Wildman–Crippen LogP) is 3.89. The molecule has 0 aliphatic heterocycles. The summed E-state index contributed by atoms with van der Waals surface area (Å²) in [6.45, 7) is 4.86. The minimum atomic E-state index is 0.571. The highest BCUT2D eigenvalue weighted by atomic mass is 16.5. The summed E-state index contributed by atoms with van der Waals surface area (Å²) in [7, 11) is 1.63. The van der Waals surface area contributed by atoms with Crippen molar-refractivity contribution >= 4 is 22.3 Å². The molecule has 0 spiro atoms. The van der Waals surface area contributed by atoms with E-state index >= 15 is 0 Å². The number of benzene rings is 1. The molecule has 0 atom stereocenters. The zero-order chi connectivity index (χ0) is 17.8. The lowest BCUT2D eigenvalue weighted by Crippen LogP contribution is -2.04. The van der Waals surface area contributed by atoms with Gasteiger partial charge in [0.2, 0.25) is 5.88 Å². The van der Waals surface area contributed by atoms with Gasteiger partial charge in [-0.15, -0.1) is 0 Å². The minimum absolute atomic E-state index is 0.571. The van der Waals surface area contributed by atoms with Crippen LogP contribution < -0.4 is 15.8 Å². The summed E-state index contributed by atoms with van der Waals surface area (Å²) in [5.41, 5.74) is 10.2. The van der Waals surface area contributed by atoms with Gasteiger partial charge in [-0.25, -0.2) is 9.97 Å². The number of aromatic nitrogens is 2. The van der Waals surface area contributed by atoms with Crippen LogP contribution in [0.15, 0.2) is 36.5 Å². The average molecular weight is 336 g/mol. The number of hydrogen-bond acceptors (Lipinski definition) is 5. The summed E-state index contributed by atoms with van der Waals surface area (Å²) >= 11 is 0. The molecular weight excluding hydrogens is 312 g/mol. The van der Waals surface area contributed by atoms with E-state index in [2.05, 4.69) is 48.4 Å². The molecule has 0 aliphatic rings. The maximum atomic E-state index is 5.65. The van der Waals surface area contributed by atoms with Crippen LogP contribution in [-0.2, 0) is 6.42 Å². The molecule has 130 valence electrons. The van der Waals surface area contributed by atoms with Gasteiger partial charge >= 0.3 is 0 Å². The van der Waals surface area contributed by atoms with Gasteiger partial charge in [0, 0.05) is 17.6 Å². The van der Waals surface area contributed by atoms with Gasteiger partial charge in [0.05, 0.1) is 12.5 Å². The van der Waals surface area contributed by atoms with E-state index in [4.69, 9.17) is 15.5 Å². The monoisotopic (exact) mass is 336 g/mol. The van der Waals surface area contributed by atoms with E-state index in [1.165, 1.54) is 11.1 Å². The fourth-order valence-corrected chi connectivity index (χ4v) is 2.84. The standard InChI is InChI=1S/C20H24N4O/c1-13-6-7-17(11-14(13)2)24-19-18-15(8-10-22-20(18)25-3)12-16(23-19)5-4-9-21/h6-8,10-12H,4-5,9,21H2,1-3H3,(H,23,24). The molecule has 0 bridgehead atoms. The highest BCUT2D eigenvalue weighted by Crippen LogP contribution is 2.32. The molecule has 2 heterocycles. The van der Waals surface area contributed by atoms with Crippen molar-refractivity contribution in [3.8, 4) is 5.88 Å². The first kappa shape index (κ1) is 17.2. The van der Waals surface area contributed by atoms with Crippen LogP contribution in [0.5, 0.6) is 5.88 Å². The average Bonchev–Trinajstić information content (AvgIpc) is 2.62. The number of ether oxygens (including phenoxy) is 1. The zero-order valence-electron chi connectivity index (χ0n) is 15.0. The summed E-state index contributed by atoms with van der Waals surface area (Å²) in [5, 5.41) is 5.39. The molecular formula is C20H24N4O. The summed E-state index contributed by atoms with van der Waals surface area (Å²) < 4.78 is 5.46. The first-order valence-corrected chi connectivity index (χ1v) is 8.49. The number of aryl methyl sites for hydroxylation is 3. The molecule has 2 aromatic heterocycles. The minimum Gasteiger partial charge on any atom is -0.480 e. The SMILES string of the molecule is COc1nccc2cc(CCCN)nc(Nc3ccc(C)c(C)c3)c12. The molecule has 3 rings (SSSR count). The molecule has 1 aromatic carbocycles. The second-order valence-corrected chi connectivity index (χ2v) is 6.20. The molecule has 0 saturated carbocycles. The first-order valence-electron chi connectivity index (χ1n) is 8.49. The van der Waals surface area contributed by atoms with Gasteiger partial charge in [-0.3, -0.25) is 0 Å². The Morgan fingerprint density at radius 3 is 2.68 bits per heavy atom. The highest BCUT2D eigenvalue weighted by molar-refractivity contribution is 5.97. The molecule has 0 aliphatic carbocycles. The van der Waals surface area contributed by atoms with E-state index in [1.54, 1.807) is 13.3 Å². The van der Waals surface area contributed by atoms with Crippen molar-refractivity contribution < 1.29 is 4.74 Å². The maximum Gasteiger partial charge on any atom is 0.224 e. The fraction of sp³-hybridized carbons (Fsp3) is 0.300. The van der Waals surface area contributed by atoms with Crippen molar-refractivity contribution in [3.63, 3.8) is 0 Å². The van der Waals surface area contributed by atoms with Gasteiger partial charge in [0.25, 0.3) is 0 Å². The number of pyridine rings is 2. The molecule has 0 unspecified atom stereocenters. The van der Waals surface area contributed by atoms with Gasteiger partial charge in [-0.2, -0.15) is 0 Å². The van der Waals surface area contributed by atoms with Gasteiger partial charge in [-0.1, -0.05) is 6.07 Å². The lowest BCUT2D eigenvalue weighted by molar-refractivity contribution is 0.403. The molecule has 5 heteroatoms. The fourth-order valence-electron chi connectivity index (χ4n) is 2.84. The first-order chi connectivity index (χ1) is 12.1. The number of nitrogens with zero attached hydrogens (tertiary/aromatic N) is 2. The van der Waals surface area contributed by atoms with Gasteiger partial charge in [0.15, 0.2) is 0 Å². The third-order valence-corrected chi connectivity index (χ3v) is 4.36. The van der Waals surface area contributed by atoms with Crippen molar-refractivity contribution in [1.82, 2.24) is 9.97 Å². The summed E-state index contributed by atoms with van der Waals surface area (Å²) in [5.74, 6) is 1.33. The number of fused-ring (bicyclic) bond motifs is 1. The van der Waals surface area contributed by atoms with Crippen LogP contribution in [-0.4, -0.2) is 23.6 Å². The van der Waals surface area contributed by atoms with Crippen LogP contribution in [0.4, 0.5) is 11.5 Å².